The Hall–Kier alpha value is -3.67. The smallest absolute Gasteiger partial charge is 0.255 e. The molecule has 0 aliphatic carbocycles. The van der Waals surface area contributed by atoms with Crippen molar-refractivity contribution >= 4 is 16.9 Å². The first-order valence-electron chi connectivity index (χ1n) is 10.4. The molecular formula is C25H26N4O2. The second-order valence-corrected chi connectivity index (χ2v) is 7.59. The summed E-state index contributed by atoms with van der Waals surface area (Å²) < 4.78 is 8.06. The highest BCUT2D eigenvalue weighted by molar-refractivity contribution is 5.93. The summed E-state index contributed by atoms with van der Waals surface area (Å²) >= 11 is 0. The molecule has 0 radical (unpaired) electrons. The van der Waals surface area contributed by atoms with E-state index in [1.165, 1.54) is 5.56 Å². The number of aryl methyl sites for hydroxylation is 2. The van der Waals surface area contributed by atoms with Gasteiger partial charge in [-0.2, -0.15) is 0 Å². The van der Waals surface area contributed by atoms with Crippen LogP contribution in [0.5, 0.6) is 5.75 Å². The Balaban J connectivity index is 1.46. The summed E-state index contributed by atoms with van der Waals surface area (Å²) in [5, 5.41) is 0. The molecule has 0 fully saturated rings. The number of hydrogen-bond donors (Lipinski definition) is 0. The van der Waals surface area contributed by atoms with Crippen molar-refractivity contribution in [1.29, 1.82) is 0 Å². The van der Waals surface area contributed by atoms with E-state index in [-0.39, 0.29) is 5.91 Å². The Morgan fingerprint density at radius 3 is 2.65 bits per heavy atom. The number of nitrogens with zero attached hydrogens (tertiary/aromatic N) is 4. The average molecular weight is 415 g/mol. The zero-order valence-corrected chi connectivity index (χ0v) is 17.9. The Morgan fingerprint density at radius 2 is 1.87 bits per heavy atom. The minimum absolute atomic E-state index is 0.0746. The first-order chi connectivity index (χ1) is 15.1. The van der Waals surface area contributed by atoms with Gasteiger partial charge >= 0.3 is 0 Å². The van der Waals surface area contributed by atoms with Crippen LogP contribution in [0.4, 0.5) is 0 Å². The van der Waals surface area contributed by atoms with E-state index < -0.39 is 0 Å². The third-order valence-electron chi connectivity index (χ3n) is 5.18. The summed E-state index contributed by atoms with van der Waals surface area (Å²) in [4.78, 5) is 23.3. The zero-order valence-electron chi connectivity index (χ0n) is 17.9. The number of benzene rings is 2. The molecule has 31 heavy (non-hydrogen) atoms. The average Bonchev–Trinajstić information content (AvgIpc) is 3.15. The molecule has 4 aromatic rings. The predicted octanol–water partition coefficient (Wildman–Crippen LogP) is 4.48. The van der Waals surface area contributed by atoms with Gasteiger partial charge < -0.3 is 14.2 Å². The van der Waals surface area contributed by atoms with Crippen molar-refractivity contribution < 1.29 is 9.53 Å². The number of hydrogen-bond acceptors (Lipinski definition) is 4. The van der Waals surface area contributed by atoms with Crippen LogP contribution in [0.2, 0.25) is 0 Å². The van der Waals surface area contributed by atoms with Gasteiger partial charge in [0.2, 0.25) is 0 Å². The number of carbonyl (C=O) groups excluding carboxylic acids is 1. The molecule has 6 nitrogen and oxygen atoms in total. The van der Waals surface area contributed by atoms with Crippen LogP contribution in [0.3, 0.4) is 0 Å². The van der Waals surface area contributed by atoms with E-state index in [1.54, 1.807) is 36.5 Å². The number of pyridine rings is 1. The van der Waals surface area contributed by atoms with Crippen LogP contribution in [0, 0.1) is 6.92 Å². The molecule has 0 atom stereocenters. The number of amides is 1. The largest absolute Gasteiger partial charge is 0.494 e. The zero-order chi connectivity index (χ0) is 21.6. The maximum Gasteiger partial charge on any atom is 0.255 e. The molecule has 2 heterocycles. The molecule has 158 valence electrons. The number of carbonyl (C=O) groups is 1. The molecule has 0 N–H and O–H groups in total. The Morgan fingerprint density at radius 1 is 1.06 bits per heavy atom. The van der Waals surface area contributed by atoms with Gasteiger partial charge in [0.1, 0.15) is 11.6 Å². The fourth-order valence-electron chi connectivity index (χ4n) is 3.54. The maximum absolute atomic E-state index is 12.7. The van der Waals surface area contributed by atoms with Crippen LogP contribution in [-0.4, -0.2) is 39.0 Å². The quantitative estimate of drug-likeness (QED) is 0.399. The summed E-state index contributed by atoms with van der Waals surface area (Å²) in [6, 6.07) is 19.7. The van der Waals surface area contributed by atoms with E-state index in [1.807, 2.05) is 42.5 Å². The summed E-state index contributed by atoms with van der Waals surface area (Å²) in [5.41, 5.74) is 3.78. The van der Waals surface area contributed by atoms with E-state index >= 15 is 0 Å². The number of fused-ring (bicyclic) bond motifs is 1. The van der Waals surface area contributed by atoms with Gasteiger partial charge in [-0.25, -0.2) is 4.98 Å². The van der Waals surface area contributed by atoms with Crippen molar-refractivity contribution in [2.45, 2.75) is 26.4 Å². The monoisotopic (exact) mass is 414 g/mol. The van der Waals surface area contributed by atoms with Crippen molar-refractivity contribution in [3.63, 3.8) is 0 Å². The van der Waals surface area contributed by atoms with Gasteiger partial charge in [0.05, 0.1) is 29.7 Å². The van der Waals surface area contributed by atoms with Crippen LogP contribution in [0.15, 0.2) is 73.1 Å². The molecular weight excluding hydrogens is 388 g/mol. The lowest BCUT2D eigenvalue weighted by Gasteiger charge is -2.18. The van der Waals surface area contributed by atoms with Gasteiger partial charge in [-0.05, 0) is 49.7 Å². The van der Waals surface area contributed by atoms with Gasteiger partial charge in [0.15, 0.2) is 0 Å². The maximum atomic E-state index is 12.7. The van der Waals surface area contributed by atoms with E-state index in [2.05, 4.69) is 22.5 Å². The minimum Gasteiger partial charge on any atom is -0.494 e. The highest BCUT2D eigenvalue weighted by atomic mass is 16.5. The van der Waals surface area contributed by atoms with Crippen molar-refractivity contribution in [2.75, 3.05) is 13.7 Å². The second-order valence-electron chi connectivity index (χ2n) is 7.59. The molecule has 0 saturated carbocycles. The molecule has 0 unspecified atom stereocenters. The van der Waals surface area contributed by atoms with Crippen LogP contribution >= 0.6 is 0 Å². The minimum atomic E-state index is -0.0746. The Bertz CT molecular complexity index is 1150. The predicted molar refractivity (Wildman–Crippen MR) is 121 cm³/mol. The van der Waals surface area contributed by atoms with Crippen LogP contribution in [-0.2, 0) is 13.1 Å². The Labute approximate surface area is 182 Å². The topological polar surface area (TPSA) is 60.2 Å². The number of ether oxygens (including phenoxy) is 1. The first kappa shape index (κ1) is 20.6. The lowest BCUT2D eigenvalue weighted by atomic mass is 10.2. The van der Waals surface area contributed by atoms with Gasteiger partial charge in [-0.15, -0.1) is 0 Å². The number of imidazole rings is 1. The molecule has 1 amide bonds. The molecule has 6 heteroatoms. The SMILES string of the molecule is Cc1ccc(OCCCn2c(CN(C)C(=O)c3cccnc3)nc3ccccc32)cc1. The second kappa shape index (κ2) is 9.43. The van der Waals surface area contributed by atoms with Crippen molar-refractivity contribution in [3.8, 4) is 5.75 Å². The molecule has 0 aliphatic heterocycles. The van der Waals surface area contributed by atoms with Crippen LogP contribution in [0.1, 0.15) is 28.2 Å². The molecule has 0 bridgehead atoms. The molecule has 0 aliphatic rings. The van der Waals surface area contributed by atoms with E-state index in [9.17, 15) is 4.79 Å². The molecule has 0 spiro atoms. The van der Waals surface area contributed by atoms with E-state index in [0.717, 1.165) is 35.6 Å². The van der Waals surface area contributed by atoms with Crippen LogP contribution < -0.4 is 4.74 Å². The van der Waals surface area contributed by atoms with Crippen LogP contribution in [0.25, 0.3) is 11.0 Å². The van der Waals surface area contributed by atoms with E-state index in [4.69, 9.17) is 9.72 Å². The van der Waals surface area contributed by atoms with Gasteiger partial charge in [-0.3, -0.25) is 9.78 Å². The lowest BCUT2D eigenvalue weighted by Crippen LogP contribution is -2.28. The van der Waals surface area contributed by atoms with Gasteiger partial charge in [-0.1, -0.05) is 29.8 Å². The fourth-order valence-corrected chi connectivity index (χ4v) is 3.54. The highest BCUT2D eigenvalue weighted by Gasteiger charge is 2.17. The number of aromatic nitrogens is 3. The molecule has 2 aromatic heterocycles. The van der Waals surface area contributed by atoms with Crippen molar-refractivity contribution in [1.82, 2.24) is 19.4 Å². The summed E-state index contributed by atoms with van der Waals surface area (Å²) in [6.07, 6.45) is 4.08. The summed E-state index contributed by atoms with van der Waals surface area (Å²) in [7, 11) is 1.79. The van der Waals surface area contributed by atoms with Crippen molar-refractivity contribution in [2.24, 2.45) is 0 Å². The summed E-state index contributed by atoms with van der Waals surface area (Å²) in [5.74, 6) is 1.66. The van der Waals surface area contributed by atoms with Crippen molar-refractivity contribution in [3.05, 3.63) is 90.0 Å². The van der Waals surface area contributed by atoms with Gasteiger partial charge in [0, 0.05) is 26.0 Å². The van der Waals surface area contributed by atoms with Gasteiger partial charge in [0.25, 0.3) is 5.91 Å². The standard InChI is InChI=1S/C25H26N4O2/c1-19-10-12-21(13-11-19)31-16-6-15-29-23-9-4-3-8-22(23)27-24(29)18-28(2)25(30)20-7-5-14-26-17-20/h3-5,7-14,17H,6,15-16,18H2,1-2H3. The Kier molecular flexibility index (Phi) is 6.26. The van der Waals surface area contributed by atoms with E-state index in [0.29, 0.717) is 18.7 Å². The number of rotatable bonds is 8. The molecule has 2 aromatic carbocycles. The third kappa shape index (κ3) is 4.91. The summed E-state index contributed by atoms with van der Waals surface area (Å²) in [6.45, 7) is 3.85. The first-order valence-corrected chi connectivity index (χ1v) is 10.4. The lowest BCUT2D eigenvalue weighted by molar-refractivity contribution is 0.0779. The third-order valence-corrected chi connectivity index (χ3v) is 5.18. The normalized spacial score (nSPS) is 10.9. The number of para-hydroxylation sites is 2. The molecule has 0 saturated heterocycles. The highest BCUT2D eigenvalue weighted by Crippen LogP contribution is 2.19. The molecule has 4 rings (SSSR count). The fraction of sp³-hybridized carbons (Fsp3) is 0.240.